The van der Waals surface area contributed by atoms with Crippen molar-refractivity contribution in [2.75, 3.05) is 13.2 Å². The molecule has 0 aromatic heterocycles. The number of carbonyl (C=O) groups excluding carboxylic acids is 1. The zero-order valence-corrected chi connectivity index (χ0v) is 14.8. The molecule has 0 unspecified atom stereocenters. The van der Waals surface area contributed by atoms with Crippen LogP contribution in [-0.4, -0.2) is 41.3 Å². The molecule has 2 amide bonds. The van der Waals surface area contributed by atoms with E-state index in [1.807, 2.05) is 31.2 Å². The molecule has 2 N–H and O–H groups in total. The highest BCUT2D eigenvalue weighted by Crippen LogP contribution is 2.21. The topological polar surface area (TPSA) is 61.8 Å². The van der Waals surface area contributed by atoms with Gasteiger partial charge in [0.2, 0.25) is 0 Å². The number of rotatable bonds is 7. The van der Waals surface area contributed by atoms with Crippen molar-refractivity contribution in [3.8, 4) is 5.75 Å². The first kappa shape index (κ1) is 18.6. The highest BCUT2D eigenvalue weighted by atomic mass is 16.5. The second-order valence-corrected chi connectivity index (χ2v) is 6.55. The zero-order chi connectivity index (χ0) is 17.4. The Hall–Kier alpha value is -1.75. The van der Waals surface area contributed by atoms with E-state index in [4.69, 9.17) is 4.74 Å². The van der Waals surface area contributed by atoms with Gasteiger partial charge in [0.25, 0.3) is 0 Å². The fourth-order valence-electron chi connectivity index (χ4n) is 3.19. The normalized spacial score (nSPS) is 16.5. The van der Waals surface area contributed by atoms with Gasteiger partial charge in [-0.2, -0.15) is 0 Å². The molecule has 1 aliphatic carbocycles. The Morgan fingerprint density at radius 3 is 2.71 bits per heavy atom. The summed E-state index contributed by atoms with van der Waals surface area (Å²) in [4.78, 5) is 14.4. The Morgan fingerprint density at radius 2 is 2.04 bits per heavy atom. The number of ether oxygens (including phenoxy) is 1. The van der Waals surface area contributed by atoms with Crippen molar-refractivity contribution in [1.29, 1.82) is 0 Å². The van der Waals surface area contributed by atoms with Crippen LogP contribution in [0.5, 0.6) is 5.75 Å². The van der Waals surface area contributed by atoms with Crippen LogP contribution in [0.15, 0.2) is 24.3 Å². The molecule has 0 heterocycles. The van der Waals surface area contributed by atoms with Gasteiger partial charge in [0.15, 0.2) is 0 Å². The Kier molecular flexibility index (Phi) is 7.37. The second-order valence-electron chi connectivity index (χ2n) is 6.55. The van der Waals surface area contributed by atoms with Gasteiger partial charge in [0.1, 0.15) is 5.75 Å². The summed E-state index contributed by atoms with van der Waals surface area (Å²) in [5.74, 6) is 0.793. The predicted octanol–water partition coefficient (Wildman–Crippen LogP) is 3.31. The van der Waals surface area contributed by atoms with E-state index in [1.54, 1.807) is 11.8 Å². The fraction of sp³-hybridized carbons (Fsp3) is 0.632. The number of carbonyl (C=O) groups is 1. The van der Waals surface area contributed by atoms with E-state index in [1.165, 1.54) is 19.3 Å². The van der Waals surface area contributed by atoms with Crippen LogP contribution in [0.3, 0.4) is 0 Å². The number of nitrogens with one attached hydrogen (secondary N) is 1. The first-order valence-corrected chi connectivity index (χ1v) is 9.04. The number of nitrogens with zero attached hydrogens (tertiary/aromatic N) is 1. The first-order valence-electron chi connectivity index (χ1n) is 9.04. The lowest BCUT2D eigenvalue weighted by Gasteiger charge is -2.29. The summed E-state index contributed by atoms with van der Waals surface area (Å²) >= 11 is 0. The van der Waals surface area contributed by atoms with E-state index >= 15 is 0 Å². The molecule has 5 heteroatoms. The van der Waals surface area contributed by atoms with Crippen LogP contribution in [0, 0.1) is 0 Å². The van der Waals surface area contributed by atoms with Gasteiger partial charge in [0.05, 0.1) is 19.3 Å². The Balaban J connectivity index is 2.05. The van der Waals surface area contributed by atoms with Gasteiger partial charge in [-0.1, -0.05) is 37.5 Å². The molecular formula is C19H30N2O3. The molecule has 0 radical (unpaired) electrons. The number of amides is 2. The molecule has 1 atom stereocenters. The third-order valence-corrected chi connectivity index (χ3v) is 4.34. The number of para-hydroxylation sites is 1. The predicted molar refractivity (Wildman–Crippen MR) is 95.1 cm³/mol. The van der Waals surface area contributed by atoms with Crippen molar-refractivity contribution >= 4 is 6.03 Å². The van der Waals surface area contributed by atoms with Crippen molar-refractivity contribution in [3.63, 3.8) is 0 Å². The van der Waals surface area contributed by atoms with Crippen molar-refractivity contribution < 1.29 is 14.6 Å². The zero-order valence-electron chi connectivity index (χ0n) is 14.8. The van der Waals surface area contributed by atoms with Gasteiger partial charge in [-0.3, -0.25) is 0 Å². The van der Waals surface area contributed by atoms with E-state index in [9.17, 15) is 9.90 Å². The average Bonchev–Trinajstić information content (AvgIpc) is 2.56. The number of hydrogen-bond donors (Lipinski definition) is 2. The number of hydrogen-bond acceptors (Lipinski definition) is 3. The minimum Gasteiger partial charge on any atom is -0.494 e. The third kappa shape index (κ3) is 5.71. The quantitative estimate of drug-likeness (QED) is 0.804. The van der Waals surface area contributed by atoms with Crippen LogP contribution < -0.4 is 10.1 Å². The van der Waals surface area contributed by atoms with E-state index in [2.05, 4.69) is 5.32 Å². The summed E-state index contributed by atoms with van der Waals surface area (Å²) in [6.45, 7) is 4.97. The van der Waals surface area contributed by atoms with Gasteiger partial charge in [-0.15, -0.1) is 0 Å². The summed E-state index contributed by atoms with van der Waals surface area (Å²) in [7, 11) is 0. The van der Waals surface area contributed by atoms with Crippen LogP contribution in [0.2, 0.25) is 0 Å². The maximum atomic E-state index is 12.7. The summed E-state index contributed by atoms with van der Waals surface area (Å²) < 4.78 is 5.65. The largest absolute Gasteiger partial charge is 0.494 e. The van der Waals surface area contributed by atoms with Crippen LogP contribution in [-0.2, 0) is 6.54 Å². The lowest BCUT2D eigenvalue weighted by Crippen LogP contribution is -2.47. The molecule has 1 aromatic rings. The molecule has 0 saturated heterocycles. The van der Waals surface area contributed by atoms with Gasteiger partial charge in [-0.05, 0) is 32.8 Å². The van der Waals surface area contributed by atoms with Crippen molar-refractivity contribution in [2.45, 2.75) is 64.6 Å². The summed E-state index contributed by atoms with van der Waals surface area (Å²) in [6.07, 6.45) is 5.13. The minimum absolute atomic E-state index is 0.103. The molecule has 5 nitrogen and oxygen atoms in total. The monoisotopic (exact) mass is 334 g/mol. The number of urea groups is 1. The Morgan fingerprint density at radius 1 is 1.33 bits per heavy atom. The van der Waals surface area contributed by atoms with Gasteiger partial charge in [0, 0.05) is 18.2 Å². The molecule has 1 aromatic carbocycles. The highest BCUT2D eigenvalue weighted by molar-refractivity contribution is 5.74. The van der Waals surface area contributed by atoms with Crippen LogP contribution in [0.4, 0.5) is 4.79 Å². The maximum Gasteiger partial charge on any atom is 0.318 e. The standard InChI is InChI=1S/C19H30N2O3/c1-3-24-18-12-8-7-9-16(18)14-21(13-15(2)22)19(23)20-17-10-5-4-6-11-17/h7-9,12,15,17,22H,3-6,10-11,13-14H2,1-2H3,(H,20,23)/t15-/m0/s1. The van der Waals surface area contributed by atoms with Crippen LogP contribution in [0.25, 0.3) is 0 Å². The fourth-order valence-corrected chi connectivity index (χ4v) is 3.19. The number of aliphatic hydroxyl groups is 1. The molecule has 24 heavy (non-hydrogen) atoms. The van der Waals surface area contributed by atoms with E-state index in [-0.39, 0.29) is 12.1 Å². The molecule has 2 rings (SSSR count). The smallest absolute Gasteiger partial charge is 0.318 e. The summed E-state index contributed by atoms with van der Waals surface area (Å²) in [6, 6.07) is 7.90. The molecule has 1 saturated carbocycles. The average molecular weight is 334 g/mol. The second kappa shape index (κ2) is 9.52. The molecule has 0 spiro atoms. The Labute approximate surface area is 145 Å². The highest BCUT2D eigenvalue weighted by Gasteiger charge is 2.22. The van der Waals surface area contributed by atoms with Gasteiger partial charge in [-0.25, -0.2) is 4.79 Å². The maximum absolute atomic E-state index is 12.7. The molecule has 1 aliphatic rings. The number of benzene rings is 1. The van der Waals surface area contributed by atoms with Gasteiger partial charge < -0.3 is 20.1 Å². The first-order chi connectivity index (χ1) is 11.6. The van der Waals surface area contributed by atoms with Crippen molar-refractivity contribution in [1.82, 2.24) is 10.2 Å². The van der Waals surface area contributed by atoms with Crippen molar-refractivity contribution in [3.05, 3.63) is 29.8 Å². The van der Waals surface area contributed by atoms with Gasteiger partial charge >= 0.3 is 6.03 Å². The lowest BCUT2D eigenvalue weighted by atomic mass is 9.96. The summed E-state index contributed by atoms with van der Waals surface area (Å²) in [5, 5.41) is 12.9. The molecular weight excluding hydrogens is 304 g/mol. The van der Waals surface area contributed by atoms with Crippen LogP contribution >= 0.6 is 0 Å². The van der Waals surface area contributed by atoms with E-state index in [0.29, 0.717) is 19.7 Å². The summed E-state index contributed by atoms with van der Waals surface area (Å²) in [5.41, 5.74) is 0.957. The molecule has 1 fully saturated rings. The lowest BCUT2D eigenvalue weighted by molar-refractivity contribution is 0.126. The SMILES string of the molecule is CCOc1ccccc1CN(C[C@H](C)O)C(=O)NC1CCCCC1. The number of aliphatic hydroxyl groups excluding tert-OH is 1. The minimum atomic E-state index is -0.568. The van der Waals surface area contributed by atoms with Crippen LogP contribution in [0.1, 0.15) is 51.5 Å². The van der Waals surface area contributed by atoms with E-state index < -0.39 is 6.10 Å². The Bertz CT molecular complexity index is 513. The third-order valence-electron chi connectivity index (χ3n) is 4.34. The van der Waals surface area contributed by atoms with E-state index in [0.717, 1.165) is 24.2 Å². The molecule has 0 bridgehead atoms. The molecule has 0 aliphatic heterocycles. The molecule has 134 valence electrons. The van der Waals surface area contributed by atoms with Crippen molar-refractivity contribution in [2.24, 2.45) is 0 Å².